The monoisotopic (exact) mass is 446 g/mol. The van der Waals surface area contributed by atoms with Crippen molar-refractivity contribution in [3.05, 3.63) is 0 Å². The summed E-state index contributed by atoms with van der Waals surface area (Å²) in [4.78, 5) is 60.5. The largest absolute Gasteiger partial charge is 0.463 e. The number of carbonyl (C=O) groups excluding carboxylic acids is 5. The normalized spacial score (nSPS) is 25.0. The van der Waals surface area contributed by atoms with Crippen molar-refractivity contribution in [3.8, 4) is 0 Å². The van der Waals surface area contributed by atoms with Gasteiger partial charge in [-0.25, -0.2) is 4.79 Å². The third-order valence-corrected chi connectivity index (χ3v) is 4.31. The highest BCUT2D eigenvalue weighted by Crippen LogP contribution is 2.28. The van der Waals surface area contributed by atoms with E-state index in [9.17, 15) is 24.0 Å². The Morgan fingerprint density at radius 2 is 1.26 bits per heavy atom. The van der Waals surface area contributed by atoms with Gasteiger partial charge in [0.2, 0.25) is 0 Å². The van der Waals surface area contributed by atoms with Crippen molar-refractivity contribution in [2.24, 2.45) is 0 Å². The third-order valence-electron chi connectivity index (χ3n) is 4.31. The SMILES string of the molecule is CCN(CC)C(=O)N[C@@H]1O[C@H](COC(C)=O)[C@@H](OC(C)=O)[C@H](OC(C)=O)[C@H]1OC(C)=O. The third kappa shape index (κ3) is 8.04. The topological polar surface area (TPSA) is 147 Å². The minimum atomic E-state index is -1.33. The maximum Gasteiger partial charge on any atom is 0.319 e. The Morgan fingerprint density at radius 3 is 1.71 bits per heavy atom. The second-order valence-electron chi connectivity index (χ2n) is 6.74. The van der Waals surface area contributed by atoms with E-state index in [4.69, 9.17) is 23.7 Å². The fraction of sp³-hybridized carbons (Fsp3) is 0.737. The van der Waals surface area contributed by atoms with Crippen molar-refractivity contribution < 1.29 is 47.7 Å². The van der Waals surface area contributed by atoms with E-state index in [0.29, 0.717) is 13.1 Å². The van der Waals surface area contributed by atoms with E-state index in [1.54, 1.807) is 13.8 Å². The van der Waals surface area contributed by atoms with Crippen LogP contribution in [0.15, 0.2) is 0 Å². The molecule has 0 aromatic carbocycles. The number of hydrogen-bond acceptors (Lipinski definition) is 10. The smallest absolute Gasteiger partial charge is 0.319 e. The summed E-state index contributed by atoms with van der Waals surface area (Å²) < 4.78 is 26.6. The average Bonchev–Trinajstić information content (AvgIpc) is 2.64. The Bertz CT molecular complexity index is 679. The Kier molecular flexibility index (Phi) is 10.2. The Morgan fingerprint density at radius 1 is 0.774 bits per heavy atom. The summed E-state index contributed by atoms with van der Waals surface area (Å²) in [5.74, 6) is -2.85. The van der Waals surface area contributed by atoms with E-state index in [1.165, 1.54) is 11.8 Å². The fourth-order valence-electron chi connectivity index (χ4n) is 3.07. The minimum Gasteiger partial charge on any atom is -0.463 e. The molecule has 0 aliphatic carbocycles. The number of amides is 2. The highest BCUT2D eigenvalue weighted by atomic mass is 16.7. The van der Waals surface area contributed by atoms with Gasteiger partial charge in [-0.3, -0.25) is 19.2 Å². The lowest BCUT2D eigenvalue weighted by molar-refractivity contribution is -0.255. The number of ether oxygens (including phenoxy) is 5. The van der Waals surface area contributed by atoms with Gasteiger partial charge in [-0.05, 0) is 13.8 Å². The maximum atomic E-state index is 12.6. The van der Waals surface area contributed by atoms with Crippen molar-refractivity contribution in [3.63, 3.8) is 0 Å². The summed E-state index contributed by atoms with van der Waals surface area (Å²) in [7, 11) is 0. The van der Waals surface area contributed by atoms with Gasteiger partial charge in [0, 0.05) is 40.8 Å². The van der Waals surface area contributed by atoms with E-state index < -0.39 is 60.6 Å². The molecule has 176 valence electrons. The van der Waals surface area contributed by atoms with Gasteiger partial charge < -0.3 is 33.9 Å². The van der Waals surface area contributed by atoms with Crippen LogP contribution in [-0.2, 0) is 42.9 Å². The van der Waals surface area contributed by atoms with Crippen LogP contribution in [0.25, 0.3) is 0 Å². The number of esters is 4. The molecule has 31 heavy (non-hydrogen) atoms. The molecule has 12 heteroatoms. The highest BCUT2D eigenvalue weighted by molar-refractivity contribution is 5.74. The van der Waals surface area contributed by atoms with E-state index in [1.807, 2.05) is 0 Å². The van der Waals surface area contributed by atoms with Crippen LogP contribution in [0.1, 0.15) is 41.5 Å². The zero-order valence-electron chi connectivity index (χ0n) is 18.5. The number of carbonyl (C=O) groups is 5. The van der Waals surface area contributed by atoms with Crippen molar-refractivity contribution in [2.75, 3.05) is 19.7 Å². The van der Waals surface area contributed by atoms with Crippen molar-refractivity contribution in [2.45, 2.75) is 72.2 Å². The van der Waals surface area contributed by atoms with Crippen LogP contribution in [0.3, 0.4) is 0 Å². The first-order chi connectivity index (χ1) is 14.5. The van der Waals surface area contributed by atoms with Gasteiger partial charge in [0.15, 0.2) is 24.5 Å². The van der Waals surface area contributed by atoms with Crippen LogP contribution >= 0.6 is 0 Å². The summed E-state index contributed by atoms with van der Waals surface area (Å²) in [6.45, 7) is 8.52. The van der Waals surface area contributed by atoms with Crippen molar-refractivity contribution >= 4 is 29.9 Å². The van der Waals surface area contributed by atoms with Crippen molar-refractivity contribution in [1.82, 2.24) is 10.2 Å². The van der Waals surface area contributed by atoms with Crippen LogP contribution in [0.5, 0.6) is 0 Å². The lowest BCUT2D eigenvalue weighted by Gasteiger charge is -2.44. The second kappa shape index (κ2) is 12.1. The van der Waals surface area contributed by atoms with E-state index in [2.05, 4.69) is 5.32 Å². The highest BCUT2D eigenvalue weighted by Gasteiger charge is 2.52. The summed E-state index contributed by atoms with van der Waals surface area (Å²) >= 11 is 0. The summed E-state index contributed by atoms with van der Waals surface area (Å²) in [6, 6.07) is -0.522. The number of hydrogen-bond donors (Lipinski definition) is 1. The predicted octanol–water partition coefficient (Wildman–Crippen LogP) is 0.121. The van der Waals surface area contributed by atoms with Gasteiger partial charge in [0.1, 0.15) is 12.7 Å². The molecule has 0 bridgehead atoms. The molecule has 0 unspecified atom stereocenters. The van der Waals surface area contributed by atoms with Gasteiger partial charge in [0.05, 0.1) is 0 Å². The lowest BCUT2D eigenvalue weighted by Crippen LogP contribution is -2.67. The molecule has 1 aliphatic rings. The molecule has 0 radical (unpaired) electrons. The van der Waals surface area contributed by atoms with Crippen LogP contribution in [0.4, 0.5) is 4.79 Å². The van der Waals surface area contributed by atoms with Gasteiger partial charge in [-0.1, -0.05) is 0 Å². The molecule has 1 heterocycles. The lowest BCUT2D eigenvalue weighted by atomic mass is 9.97. The van der Waals surface area contributed by atoms with Crippen molar-refractivity contribution in [1.29, 1.82) is 0 Å². The molecule has 1 fully saturated rings. The quantitative estimate of drug-likeness (QED) is 0.403. The molecular formula is C19H30N2O10. The van der Waals surface area contributed by atoms with Gasteiger partial charge in [-0.15, -0.1) is 0 Å². The molecule has 0 aromatic heterocycles. The van der Waals surface area contributed by atoms with Crippen LogP contribution in [0, 0.1) is 0 Å². The Balaban J connectivity index is 3.35. The predicted molar refractivity (Wildman–Crippen MR) is 103 cm³/mol. The summed E-state index contributed by atoms with van der Waals surface area (Å²) in [5, 5.41) is 2.59. The van der Waals surface area contributed by atoms with Crippen LogP contribution in [-0.4, -0.2) is 85.1 Å². The first-order valence-electron chi connectivity index (χ1n) is 9.85. The molecule has 1 rings (SSSR count). The second-order valence-corrected chi connectivity index (χ2v) is 6.74. The van der Waals surface area contributed by atoms with Crippen LogP contribution < -0.4 is 5.32 Å². The average molecular weight is 446 g/mol. The number of nitrogens with one attached hydrogen (secondary N) is 1. The fourth-order valence-corrected chi connectivity index (χ4v) is 3.07. The first kappa shape index (κ1) is 26.1. The minimum absolute atomic E-state index is 0.366. The zero-order valence-corrected chi connectivity index (χ0v) is 18.5. The molecular weight excluding hydrogens is 416 g/mol. The van der Waals surface area contributed by atoms with Gasteiger partial charge in [-0.2, -0.15) is 0 Å². The van der Waals surface area contributed by atoms with E-state index in [0.717, 1.165) is 20.8 Å². The van der Waals surface area contributed by atoms with E-state index >= 15 is 0 Å². The number of urea groups is 1. The maximum absolute atomic E-state index is 12.6. The van der Waals surface area contributed by atoms with E-state index in [-0.39, 0.29) is 6.61 Å². The molecule has 0 saturated carbocycles. The molecule has 0 aromatic rings. The molecule has 0 spiro atoms. The molecule has 5 atom stereocenters. The van der Waals surface area contributed by atoms with Gasteiger partial charge >= 0.3 is 29.9 Å². The Labute approximate surface area is 180 Å². The van der Waals surface area contributed by atoms with Crippen LogP contribution in [0.2, 0.25) is 0 Å². The molecule has 1 N–H and O–H groups in total. The molecule has 1 saturated heterocycles. The Hall–Kier alpha value is -2.89. The standard InChI is InChI=1S/C19H30N2O10/c1-7-21(8-2)19(26)20-18-17(30-13(6)25)16(29-12(5)24)15(28-11(4)23)14(31-18)9-27-10(3)22/h14-18H,7-9H2,1-6H3,(H,20,26)/t14-,15-,16+,17-,18-/m1/s1. The zero-order chi connectivity index (χ0) is 23.7. The molecule has 12 nitrogen and oxygen atoms in total. The molecule has 1 aliphatic heterocycles. The number of nitrogens with zero attached hydrogens (tertiary/aromatic N) is 1. The summed E-state index contributed by atoms with van der Waals surface area (Å²) in [6.07, 6.45) is -6.34. The molecule has 2 amide bonds. The number of rotatable bonds is 8. The first-order valence-corrected chi connectivity index (χ1v) is 9.85. The van der Waals surface area contributed by atoms with Gasteiger partial charge in [0.25, 0.3) is 0 Å². The summed E-state index contributed by atoms with van der Waals surface area (Å²) in [5.41, 5.74) is 0.